The molecule has 1 saturated carbocycles. The zero-order valence-electron chi connectivity index (χ0n) is 10.8. The second-order valence-corrected chi connectivity index (χ2v) is 6.65. The van der Waals surface area contributed by atoms with Gasteiger partial charge in [0.1, 0.15) is 0 Å². The molecule has 0 unspecified atom stereocenters. The van der Waals surface area contributed by atoms with Crippen LogP contribution < -0.4 is 5.32 Å². The highest BCUT2D eigenvalue weighted by Crippen LogP contribution is 2.27. The highest BCUT2D eigenvalue weighted by Gasteiger charge is 2.32. The molecule has 7 heteroatoms. The minimum absolute atomic E-state index is 0.126. The van der Waals surface area contributed by atoms with Crippen molar-refractivity contribution in [2.24, 2.45) is 0 Å². The van der Waals surface area contributed by atoms with E-state index in [1.54, 1.807) is 20.3 Å². The van der Waals surface area contributed by atoms with Gasteiger partial charge in [-0.05, 0) is 19.9 Å². The van der Waals surface area contributed by atoms with E-state index < -0.39 is 10.0 Å². The van der Waals surface area contributed by atoms with Gasteiger partial charge in [-0.15, -0.1) is 0 Å². The monoisotopic (exact) mass is 272 g/mol. The molecule has 0 bridgehead atoms. The summed E-state index contributed by atoms with van der Waals surface area (Å²) in [5.41, 5.74) is 0.683. The summed E-state index contributed by atoms with van der Waals surface area (Å²) in [6.45, 7) is 0.490. The molecular weight excluding hydrogens is 252 g/mol. The van der Waals surface area contributed by atoms with Crippen molar-refractivity contribution in [2.45, 2.75) is 43.3 Å². The van der Waals surface area contributed by atoms with Crippen LogP contribution in [-0.4, -0.2) is 43.1 Å². The van der Waals surface area contributed by atoms with Crippen molar-refractivity contribution >= 4 is 10.0 Å². The Labute approximate surface area is 108 Å². The Hall–Kier alpha value is -0.920. The van der Waals surface area contributed by atoms with Crippen LogP contribution in [0.1, 0.15) is 31.2 Å². The van der Waals surface area contributed by atoms with E-state index >= 15 is 0 Å². The number of aromatic nitrogens is 2. The van der Waals surface area contributed by atoms with Gasteiger partial charge >= 0.3 is 0 Å². The normalized spacial score (nSPS) is 17.7. The van der Waals surface area contributed by atoms with Crippen LogP contribution in [0.2, 0.25) is 0 Å². The van der Waals surface area contributed by atoms with Gasteiger partial charge in [-0.25, -0.2) is 8.42 Å². The van der Waals surface area contributed by atoms with Crippen LogP contribution >= 0.6 is 0 Å². The number of hydrogen-bond acceptors (Lipinski definition) is 4. The Balaban J connectivity index is 2.26. The van der Waals surface area contributed by atoms with Gasteiger partial charge in [0.15, 0.2) is 5.03 Å². The summed E-state index contributed by atoms with van der Waals surface area (Å²) >= 11 is 0. The van der Waals surface area contributed by atoms with E-state index in [1.165, 1.54) is 4.31 Å². The SMILES string of the molecule is CNCc1cn[nH]c1S(=O)(=O)N(C)C1CCCC1. The summed E-state index contributed by atoms with van der Waals surface area (Å²) in [5.74, 6) is 0. The summed E-state index contributed by atoms with van der Waals surface area (Å²) in [4.78, 5) is 0. The molecule has 2 rings (SSSR count). The second kappa shape index (κ2) is 5.38. The summed E-state index contributed by atoms with van der Waals surface area (Å²) < 4.78 is 26.5. The lowest BCUT2D eigenvalue weighted by atomic mass is 10.3. The molecule has 102 valence electrons. The Kier molecular flexibility index (Phi) is 4.04. The van der Waals surface area contributed by atoms with E-state index in [-0.39, 0.29) is 11.1 Å². The predicted molar refractivity (Wildman–Crippen MR) is 68.6 cm³/mol. The van der Waals surface area contributed by atoms with Crippen LogP contribution in [0.4, 0.5) is 0 Å². The number of aromatic amines is 1. The molecule has 1 heterocycles. The molecule has 2 N–H and O–H groups in total. The van der Waals surface area contributed by atoms with Gasteiger partial charge < -0.3 is 5.32 Å². The fourth-order valence-electron chi connectivity index (χ4n) is 2.45. The Morgan fingerprint density at radius 1 is 1.50 bits per heavy atom. The quantitative estimate of drug-likeness (QED) is 0.827. The zero-order valence-corrected chi connectivity index (χ0v) is 11.6. The first-order valence-electron chi connectivity index (χ1n) is 6.22. The maximum absolute atomic E-state index is 12.5. The molecule has 0 spiro atoms. The zero-order chi connectivity index (χ0) is 13.2. The average Bonchev–Trinajstić information content (AvgIpc) is 2.99. The molecular formula is C11H20N4O2S. The van der Waals surface area contributed by atoms with E-state index in [0.717, 1.165) is 25.7 Å². The molecule has 0 saturated heterocycles. The van der Waals surface area contributed by atoms with Gasteiger partial charge in [-0.1, -0.05) is 12.8 Å². The van der Waals surface area contributed by atoms with Crippen LogP contribution in [0, 0.1) is 0 Å². The molecule has 18 heavy (non-hydrogen) atoms. The van der Waals surface area contributed by atoms with E-state index in [0.29, 0.717) is 12.1 Å². The maximum Gasteiger partial charge on any atom is 0.260 e. The van der Waals surface area contributed by atoms with E-state index in [9.17, 15) is 8.42 Å². The number of hydrogen-bond donors (Lipinski definition) is 2. The van der Waals surface area contributed by atoms with Crippen LogP contribution in [0.15, 0.2) is 11.2 Å². The van der Waals surface area contributed by atoms with E-state index in [4.69, 9.17) is 0 Å². The van der Waals surface area contributed by atoms with E-state index in [1.807, 2.05) is 0 Å². The van der Waals surface area contributed by atoms with Crippen LogP contribution in [0.5, 0.6) is 0 Å². The molecule has 0 aliphatic heterocycles. The summed E-state index contributed by atoms with van der Waals surface area (Å²) in [6.07, 6.45) is 5.68. The molecule has 1 aromatic heterocycles. The number of rotatable bonds is 5. The van der Waals surface area contributed by atoms with Gasteiger partial charge in [0.25, 0.3) is 10.0 Å². The minimum Gasteiger partial charge on any atom is -0.316 e. The van der Waals surface area contributed by atoms with Crippen molar-refractivity contribution in [1.82, 2.24) is 19.8 Å². The Bertz CT molecular complexity index is 491. The Morgan fingerprint density at radius 2 is 2.17 bits per heavy atom. The third-order valence-corrected chi connectivity index (χ3v) is 5.45. The maximum atomic E-state index is 12.5. The summed E-state index contributed by atoms with van der Waals surface area (Å²) in [5, 5.41) is 9.62. The molecule has 1 aliphatic carbocycles. The average molecular weight is 272 g/mol. The Morgan fingerprint density at radius 3 is 2.78 bits per heavy atom. The van der Waals surface area contributed by atoms with Crippen LogP contribution in [0.3, 0.4) is 0 Å². The smallest absolute Gasteiger partial charge is 0.260 e. The third kappa shape index (κ3) is 2.43. The second-order valence-electron chi connectivity index (χ2n) is 4.71. The van der Waals surface area contributed by atoms with E-state index in [2.05, 4.69) is 15.5 Å². The summed E-state index contributed by atoms with van der Waals surface area (Å²) in [6, 6.07) is 0.126. The first kappa shape index (κ1) is 13.5. The van der Waals surface area contributed by atoms with Crippen molar-refractivity contribution in [3.63, 3.8) is 0 Å². The van der Waals surface area contributed by atoms with Gasteiger partial charge in [0, 0.05) is 25.2 Å². The fraction of sp³-hybridized carbons (Fsp3) is 0.727. The minimum atomic E-state index is -3.46. The largest absolute Gasteiger partial charge is 0.316 e. The molecule has 1 aliphatic rings. The van der Waals surface area contributed by atoms with Gasteiger partial charge in [-0.3, -0.25) is 5.10 Å². The number of nitrogens with one attached hydrogen (secondary N) is 2. The lowest BCUT2D eigenvalue weighted by molar-refractivity contribution is 0.371. The van der Waals surface area contributed by atoms with Crippen molar-refractivity contribution in [2.75, 3.05) is 14.1 Å². The molecule has 0 aromatic carbocycles. The number of nitrogens with zero attached hydrogens (tertiary/aromatic N) is 2. The van der Waals surface area contributed by atoms with Crippen LogP contribution in [0.25, 0.3) is 0 Å². The molecule has 1 aromatic rings. The molecule has 0 radical (unpaired) electrons. The lowest BCUT2D eigenvalue weighted by Gasteiger charge is -2.23. The highest BCUT2D eigenvalue weighted by atomic mass is 32.2. The molecule has 1 fully saturated rings. The van der Waals surface area contributed by atoms with Crippen molar-refractivity contribution < 1.29 is 8.42 Å². The lowest BCUT2D eigenvalue weighted by Crippen LogP contribution is -2.36. The van der Waals surface area contributed by atoms with Crippen molar-refractivity contribution in [1.29, 1.82) is 0 Å². The topological polar surface area (TPSA) is 78.1 Å². The van der Waals surface area contributed by atoms with Crippen LogP contribution in [-0.2, 0) is 16.6 Å². The summed E-state index contributed by atoms with van der Waals surface area (Å²) in [7, 11) is -0.0128. The predicted octanol–water partition coefficient (Wildman–Crippen LogP) is 0.692. The molecule has 0 amide bonds. The van der Waals surface area contributed by atoms with Gasteiger partial charge in [-0.2, -0.15) is 9.40 Å². The standard InChI is InChI=1S/C11H20N4O2S/c1-12-7-9-8-13-14-11(9)18(16,17)15(2)10-5-3-4-6-10/h8,10,12H,3-7H2,1-2H3,(H,13,14). The fourth-order valence-corrected chi connectivity index (χ4v) is 3.96. The number of H-pyrrole nitrogens is 1. The first-order valence-corrected chi connectivity index (χ1v) is 7.66. The van der Waals surface area contributed by atoms with Crippen molar-refractivity contribution in [3.05, 3.63) is 11.8 Å². The first-order chi connectivity index (χ1) is 8.57. The van der Waals surface area contributed by atoms with Gasteiger partial charge in [0.05, 0.1) is 6.20 Å². The third-order valence-electron chi connectivity index (χ3n) is 3.52. The molecule has 6 nitrogen and oxygen atoms in total. The van der Waals surface area contributed by atoms with Gasteiger partial charge in [0.2, 0.25) is 0 Å². The number of sulfonamides is 1. The molecule has 0 atom stereocenters. The highest BCUT2D eigenvalue weighted by molar-refractivity contribution is 7.89. The van der Waals surface area contributed by atoms with Crippen molar-refractivity contribution in [3.8, 4) is 0 Å².